The molecular formula is C19H16O4S2. The van der Waals surface area contributed by atoms with E-state index in [1.54, 1.807) is 72.1 Å². The molecular weight excluding hydrogens is 356 g/mol. The standard InChI is InChI=1S/C19H16O4S2/c20-18(21)16-5-1-14(2-6-16)9-11-24-13-25-12-10-15-3-7-17(8-4-15)19(22)23/h1-12H,13H2,(H,20,21)(H,22,23)/b11-9+,12-10+. The quantitative estimate of drug-likeness (QED) is 0.493. The summed E-state index contributed by atoms with van der Waals surface area (Å²) in [6.45, 7) is 0. The van der Waals surface area contributed by atoms with Gasteiger partial charge < -0.3 is 10.2 Å². The molecule has 0 radical (unpaired) electrons. The van der Waals surface area contributed by atoms with Crippen molar-refractivity contribution in [2.45, 2.75) is 0 Å². The van der Waals surface area contributed by atoms with Crippen molar-refractivity contribution in [3.63, 3.8) is 0 Å². The summed E-state index contributed by atoms with van der Waals surface area (Å²) in [7, 11) is 0. The molecule has 0 aromatic heterocycles. The monoisotopic (exact) mass is 372 g/mol. The summed E-state index contributed by atoms with van der Waals surface area (Å²) in [6.07, 6.45) is 3.87. The number of hydrogen-bond acceptors (Lipinski definition) is 4. The van der Waals surface area contributed by atoms with Crippen LogP contribution in [0.3, 0.4) is 0 Å². The van der Waals surface area contributed by atoms with Crippen molar-refractivity contribution in [1.29, 1.82) is 0 Å². The molecule has 0 spiro atoms. The van der Waals surface area contributed by atoms with Gasteiger partial charge in [0.1, 0.15) is 0 Å². The van der Waals surface area contributed by atoms with Gasteiger partial charge in [-0.25, -0.2) is 9.59 Å². The number of rotatable bonds is 8. The Morgan fingerprint density at radius 1 is 0.720 bits per heavy atom. The molecule has 25 heavy (non-hydrogen) atoms. The average Bonchev–Trinajstić information content (AvgIpc) is 2.61. The molecule has 2 aromatic carbocycles. The zero-order chi connectivity index (χ0) is 18.1. The molecule has 0 aliphatic rings. The first-order chi connectivity index (χ1) is 12.1. The highest BCUT2D eigenvalue weighted by atomic mass is 32.2. The molecule has 128 valence electrons. The molecule has 2 rings (SSSR count). The van der Waals surface area contributed by atoms with Crippen LogP contribution in [-0.2, 0) is 0 Å². The topological polar surface area (TPSA) is 74.6 Å². The van der Waals surface area contributed by atoms with Crippen molar-refractivity contribution in [1.82, 2.24) is 0 Å². The van der Waals surface area contributed by atoms with Crippen molar-refractivity contribution in [3.05, 3.63) is 81.6 Å². The van der Waals surface area contributed by atoms with Gasteiger partial charge >= 0.3 is 11.9 Å². The number of thioether (sulfide) groups is 2. The summed E-state index contributed by atoms with van der Waals surface area (Å²) in [5.41, 5.74) is 2.47. The highest BCUT2D eigenvalue weighted by Gasteiger charge is 2.00. The van der Waals surface area contributed by atoms with Gasteiger partial charge in [0.2, 0.25) is 0 Å². The molecule has 0 heterocycles. The summed E-state index contributed by atoms with van der Waals surface area (Å²) in [6, 6.07) is 13.4. The highest BCUT2D eigenvalue weighted by Crippen LogP contribution is 2.18. The minimum atomic E-state index is -0.925. The third-order valence-electron chi connectivity index (χ3n) is 3.16. The zero-order valence-electron chi connectivity index (χ0n) is 13.2. The third-order valence-corrected chi connectivity index (χ3v) is 4.91. The minimum Gasteiger partial charge on any atom is -0.478 e. The van der Waals surface area contributed by atoms with Crippen LogP contribution in [-0.4, -0.2) is 27.2 Å². The predicted octanol–water partition coefficient (Wildman–Crippen LogP) is 5.15. The highest BCUT2D eigenvalue weighted by molar-refractivity contribution is 8.18. The fourth-order valence-corrected chi connectivity index (χ4v) is 3.29. The smallest absolute Gasteiger partial charge is 0.335 e. The molecule has 0 bridgehead atoms. The molecule has 0 saturated heterocycles. The number of hydrogen-bond donors (Lipinski definition) is 2. The summed E-state index contributed by atoms with van der Waals surface area (Å²) < 4.78 is 0. The van der Waals surface area contributed by atoms with Gasteiger partial charge in [-0.1, -0.05) is 24.3 Å². The Hall–Kier alpha value is -2.44. The van der Waals surface area contributed by atoms with E-state index >= 15 is 0 Å². The largest absolute Gasteiger partial charge is 0.478 e. The molecule has 0 fully saturated rings. The Morgan fingerprint density at radius 2 is 1.08 bits per heavy atom. The normalized spacial score (nSPS) is 11.2. The first-order valence-electron chi connectivity index (χ1n) is 7.29. The van der Waals surface area contributed by atoms with Crippen LogP contribution in [0.1, 0.15) is 31.8 Å². The second-order valence-electron chi connectivity index (χ2n) is 4.91. The predicted molar refractivity (Wildman–Crippen MR) is 105 cm³/mol. The van der Waals surface area contributed by atoms with Gasteiger partial charge in [0, 0.05) is 5.08 Å². The van der Waals surface area contributed by atoms with Crippen molar-refractivity contribution < 1.29 is 19.8 Å². The van der Waals surface area contributed by atoms with E-state index in [9.17, 15) is 9.59 Å². The lowest BCUT2D eigenvalue weighted by molar-refractivity contribution is 0.0686. The first-order valence-corrected chi connectivity index (χ1v) is 9.39. The second-order valence-corrected chi connectivity index (χ2v) is 7.06. The van der Waals surface area contributed by atoms with Crippen LogP contribution in [0, 0.1) is 0 Å². The van der Waals surface area contributed by atoms with Crippen LogP contribution in [0.15, 0.2) is 59.3 Å². The number of benzene rings is 2. The number of carboxylic acid groups (broad SMARTS) is 2. The fourth-order valence-electron chi connectivity index (χ4n) is 1.84. The molecule has 0 aliphatic carbocycles. The summed E-state index contributed by atoms with van der Waals surface area (Å²) in [4.78, 5) is 21.5. The van der Waals surface area contributed by atoms with E-state index < -0.39 is 11.9 Å². The minimum absolute atomic E-state index is 0.280. The van der Waals surface area contributed by atoms with Crippen LogP contribution < -0.4 is 0 Å². The summed E-state index contributed by atoms with van der Waals surface area (Å²) >= 11 is 3.27. The van der Waals surface area contributed by atoms with Crippen LogP contribution in [0.5, 0.6) is 0 Å². The lowest BCUT2D eigenvalue weighted by Gasteiger charge is -1.97. The van der Waals surface area contributed by atoms with Gasteiger partial charge in [-0.05, 0) is 58.4 Å². The van der Waals surface area contributed by atoms with E-state index in [1.807, 2.05) is 23.0 Å². The maximum absolute atomic E-state index is 10.8. The average molecular weight is 372 g/mol. The van der Waals surface area contributed by atoms with Crippen LogP contribution in [0.2, 0.25) is 0 Å². The molecule has 0 aliphatic heterocycles. The van der Waals surface area contributed by atoms with E-state index in [0.717, 1.165) is 16.2 Å². The number of carbonyl (C=O) groups is 2. The molecule has 0 saturated carbocycles. The SMILES string of the molecule is O=C(O)c1ccc(/C=C/SCS/C=C/c2ccc(C(=O)O)cc2)cc1. The molecule has 2 aromatic rings. The van der Waals surface area contributed by atoms with Gasteiger partial charge in [-0.2, -0.15) is 0 Å². The molecule has 4 nitrogen and oxygen atoms in total. The maximum Gasteiger partial charge on any atom is 0.335 e. The van der Waals surface area contributed by atoms with E-state index in [2.05, 4.69) is 0 Å². The molecule has 0 amide bonds. The third kappa shape index (κ3) is 6.52. The zero-order valence-corrected chi connectivity index (χ0v) is 14.8. The van der Waals surface area contributed by atoms with Crippen molar-refractivity contribution in [2.75, 3.05) is 5.08 Å². The van der Waals surface area contributed by atoms with Gasteiger partial charge in [0.05, 0.1) is 11.1 Å². The Bertz CT molecular complexity index is 711. The number of carboxylic acids is 2. The van der Waals surface area contributed by atoms with E-state index in [0.29, 0.717) is 0 Å². The Morgan fingerprint density at radius 3 is 1.40 bits per heavy atom. The van der Waals surface area contributed by atoms with Gasteiger partial charge in [0.25, 0.3) is 0 Å². The Labute approximate surface area is 154 Å². The second kappa shape index (κ2) is 9.76. The maximum atomic E-state index is 10.8. The van der Waals surface area contributed by atoms with Gasteiger partial charge in [0.15, 0.2) is 0 Å². The van der Waals surface area contributed by atoms with Crippen molar-refractivity contribution >= 4 is 47.6 Å². The van der Waals surface area contributed by atoms with Gasteiger partial charge in [-0.3, -0.25) is 0 Å². The van der Waals surface area contributed by atoms with E-state index in [1.165, 1.54) is 0 Å². The van der Waals surface area contributed by atoms with Crippen molar-refractivity contribution in [3.8, 4) is 0 Å². The summed E-state index contributed by atoms with van der Waals surface area (Å²) in [5.74, 6) is -1.85. The first kappa shape index (κ1) is 18.9. The molecule has 6 heteroatoms. The Kier molecular flexibility index (Phi) is 7.37. The van der Waals surface area contributed by atoms with E-state index in [-0.39, 0.29) is 11.1 Å². The fraction of sp³-hybridized carbons (Fsp3) is 0.0526. The molecule has 0 atom stereocenters. The van der Waals surface area contributed by atoms with Crippen molar-refractivity contribution in [2.24, 2.45) is 0 Å². The Balaban J connectivity index is 1.71. The number of aromatic carboxylic acids is 2. The lowest BCUT2D eigenvalue weighted by Crippen LogP contribution is -1.94. The lowest BCUT2D eigenvalue weighted by atomic mass is 10.1. The van der Waals surface area contributed by atoms with Crippen LogP contribution >= 0.6 is 23.5 Å². The molecule has 0 unspecified atom stereocenters. The van der Waals surface area contributed by atoms with E-state index in [4.69, 9.17) is 10.2 Å². The van der Waals surface area contributed by atoms with Crippen LogP contribution in [0.4, 0.5) is 0 Å². The summed E-state index contributed by atoms with van der Waals surface area (Å²) in [5, 5.41) is 22.5. The molecule has 2 N–H and O–H groups in total. The van der Waals surface area contributed by atoms with Gasteiger partial charge in [-0.15, -0.1) is 23.5 Å². The van der Waals surface area contributed by atoms with Crippen LogP contribution in [0.25, 0.3) is 12.2 Å².